The van der Waals surface area contributed by atoms with Crippen molar-refractivity contribution >= 4 is 17.5 Å². The van der Waals surface area contributed by atoms with Crippen LogP contribution in [0.25, 0.3) is 0 Å². The van der Waals surface area contributed by atoms with Crippen LogP contribution in [0, 0.1) is 0 Å². The zero-order chi connectivity index (χ0) is 19.2. The van der Waals surface area contributed by atoms with Crippen molar-refractivity contribution in [3.8, 4) is 0 Å². The van der Waals surface area contributed by atoms with E-state index in [1.165, 1.54) is 15.4 Å². The molecule has 27 heavy (non-hydrogen) atoms. The summed E-state index contributed by atoms with van der Waals surface area (Å²) >= 11 is 5.93. The van der Waals surface area contributed by atoms with E-state index in [0.717, 1.165) is 4.90 Å². The number of hydrogen-bond donors (Lipinski definition) is 0. The fraction of sp³-hybridized carbons (Fsp3) is 0.529. The topological polar surface area (TPSA) is 73.0 Å². The van der Waals surface area contributed by atoms with Crippen LogP contribution in [0.3, 0.4) is 0 Å². The molecule has 0 aliphatic carbocycles. The fourth-order valence-electron chi connectivity index (χ4n) is 3.72. The number of hydrogen-bond acceptors (Lipinski definition) is 4. The van der Waals surface area contributed by atoms with Crippen molar-refractivity contribution in [1.29, 1.82) is 0 Å². The lowest BCUT2D eigenvalue weighted by atomic mass is 10.0. The number of halogens is 3. The van der Waals surface area contributed by atoms with Crippen molar-refractivity contribution in [2.45, 2.75) is 44.2 Å². The van der Waals surface area contributed by atoms with Gasteiger partial charge in [-0.15, -0.1) is 0 Å². The molecule has 4 heterocycles. The van der Waals surface area contributed by atoms with Crippen LogP contribution >= 0.6 is 11.6 Å². The molecule has 4 rings (SSSR count). The van der Waals surface area contributed by atoms with Gasteiger partial charge >= 0.3 is 5.69 Å². The minimum absolute atomic E-state index is 0.00867. The van der Waals surface area contributed by atoms with E-state index in [-0.39, 0.29) is 19.5 Å². The van der Waals surface area contributed by atoms with Crippen molar-refractivity contribution in [2.24, 2.45) is 0 Å². The average Bonchev–Trinajstić information content (AvgIpc) is 3.14. The molecule has 2 aromatic heterocycles. The van der Waals surface area contributed by atoms with Crippen LogP contribution in [0.5, 0.6) is 0 Å². The Hall–Kier alpha value is -2.29. The lowest BCUT2D eigenvalue weighted by Gasteiger charge is -2.27. The van der Waals surface area contributed by atoms with Gasteiger partial charge in [-0.05, 0) is 24.5 Å². The average molecular weight is 398 g/mol. The number of alkyl halides is 2. The summed E-state index contributed by atoms with van der Waals surface area (Å²) in [6.07, 6.45) is 4.43. The number of carbonyl (C=O) groups is 1. The van der Waals surface area contributed by atoms with Gasteiger partial charge in [0.2, 0.25) is 5.91 Å². The number of aryl methyl sites for hydroxylation is 1. The van der Waals surface area contributed by atoms with Gasteiger partial charge in [-0.1, -0.05) is 11.6 Å². The standard InChI is InChI=1S/C17H18ClF2N5O2/c18-12-6-11(7-21-8-12)9-24-16(27)25-13(2-1-3-14(25)22-24)15(26)23-5-4-17(19,20)10-23/h6-8,13H,1-5,9-10H2. The van der Waals surface area contributed by atoms with E-state index in [0.29, 0.717) is 35.7 Å². The van der Waals surface area contributed by atoms with Crippen LogP contribution in [0.2, 0.25) is 5.02 Å². The summed E-state index contributed by atoms with van der Waals surface area (Å²) in [6, 6.07) is 0.912. The lowest BCUT2D eigenvalue weighted by molar-refractivity contribution is -0.135. The number of amides is 1. The SMILES string of the molecule is O=C(C1CCCc2nn(Cc3cncc(Cl)c3)c(=O)n21)N1CCC(F)(F)C1. The van der Waals surface area contributed by atoms with Gasteiger partial charge in [0.25, 0.3) is 5.92 Å². The number of rotatable bonds is 3. The summed E-state index contributed by atoms with van der Waals surface area (Å²) in [4.78, 5) is 30.8. The molecule has 2 aliphatic heterocycles. The summed E-state index contributed by atoms with van der Waals surface area (Å²) in [6.45, 7) is -0.404. The predicted octanol–water partition coefficient (Wildman–Crippen LogP) is 1.89. The Bertz CT molecular complexity index is 942. The maximum absolute atomic E-state index is 13.5. The van der Waals surface area contributed by atoms with E-state index in [9.17, 15) is 18.4 Å². The first-order chi connectivity index (χ1) is 12.8. The first-order valence-electron chi connectivity index (χ1n) is 8.78. The maximum atomic E-state index is 13.5. The molecule has 0 saturated carbocycles. The molecule has 1 unspecified atom stereocenters. The maximum Gasteiger partial charge on any atom is 0.346 e. The van der Waals surface area contributed by atoms with E-state index in [1.54, 1.807) is 12.3 Å². The summed E-state index contributed by atoms with van der Waals surface area (Å²) in [7, 11) is 0. The molecule has 2 aliphatic rings. The highest BCUT2D eigenvalue weighted by Gasteiger charge is 2.43. The molecule has 144 valence electrons. The molecule has 2 aromatic rings. The summed E-state index contributed by atoms with van der Waals surface area (Å²) in [5, 5.41) is 4.79. The van der Waals surface area contributed by atoms with Gasteiger partial charge in [-0.3, -0.25) is 14.3 Å². The van der Waals surface area contributed by atoms with Crippen molar-refractivity contribution in [1.82, 2.24) is 24.2 Å². The molecule has 0 aromatic carbocycles. The Morgan fingerprint density at radius 1 is 1.37 bits per heavy atom. The van der Waals surface area contributed by atoms with Crippen molar-refractivity contribution in [2.75, 3.05) is 13.1 Å². The van der Waals surface area contributed by atoms with E-state index >= 15 is 0 Å². The number of carbonyl (C=O) groups excluding carboxylic acids is 1. The normalized spacial score (nSPS) is 21.3. The van der Waals surface area contributed by atoms with Gasteiger partial charge in [0.15, 0.2) is 0 Å². The molecule has 0 radical (unpaired) electrons. The minimum Gasteiger partial charge on any atom is -0.335 e. The van der Waals surface area contributed by atoms with Gasteiger partial charge in [0.05, 0.1) is 18.1 Å². The summed E-state index contributed by atoms with van der Waals surface area (Å²) in [5.41, 5.74) is 0.288. The number of nitrogens with zero attached hydrogens (tertiary/aromatic N) is 5. The number of pyridine rings is 1. The zero-order valence-corrected chi connectivity index (χ0v) is 15.2. The van der Waals surface area contributed by atoms with Crippen LogP contribution in [0.1, 0.15) is 36.7 Å². The number of fused-ring (bicyclic) bond motifs is 1. The summed E-state index contributed by atoms with van der Waals surface area (Å²) < 4.78 is 29.6. The van der Waals surface area contributed by atoms with Crippen molar-refractivity contribution < 1.29 is 13.6 Å². The Labute approximate surface area is 158 Å². The molecule has 1 fully saturated rings. The first kappa shape index (κ1) is 18.1. The summed E-state index contributed by atoms with van der Waals surface area (Å²) in [5.74, 6) is -2.79. The molecule has 0 N–H and O–H groups in total. The molecule has 1 atom stereocenters. The zero-order valence-electron chi connectivity index (χ0n) is 14.4. The molecule has 0 spiro atoms. The Morgan fingerprint density at radius 2 is 2.19 bits per heavy atom. The first-order valence-corrected chi connectivity index (χ1v) is 9.16. The molecule has 1 saturated heterocycles. The second-order valence-corrected chi connectivity index (χ2v) is 7.45. The third-order valence-corrected chi connectivity index (χ3v) is 5.20. The lowest BCUT2D eigenvalue weighted by Crippen LogP contribution is -2.42. The third kappa shape index (κ3) is 3.47. The fourth-order valence-corrected chi connectivity index (χ4v) is 3.91. The Balaban J connectivity index is 1.62. The Kier molecular flexibility index (Phi) is 4.49. The number of aromatic nitrogens is 4. The quantitative estimate of drug-likeness (QED) is 0.792. The van der Waals surface area contributed by atoms with Gasteiger partial charge in [0.1, 0.15) is 11.9 Å². The largest absolute Gasteiger partial charge is 0.346 e. The predicted molar refractivity (Wildman–Crippen MR) is 93.0 cm³/mol. The second-order valence-electron chi connectivity index (χ2n) is 7.01. The molecular weight excluding hydrogens is 380 g/mol. The monoisotopic (exact) mass is 397 g/mol. The van der Waals surface area contributed by atoms with Gasteiger partial charge < -0.3 is 4.90 Å². The van der Waals surface area contributed by atoms with E-state index < -0.39 is 30.1 Å². The van der Waals surface area contributed by atoms with Gasteiger partial charge in [0, 0.05) is 31.8 Å². The minimum atomic E-state index is -2.86. The van der Waals surface area contributed by atoms with Crippen molar-refractivity contribution in [3.05, 3.63) is 45.4 Å². The van der Waals surface area contributed by atoms with Crippen LogP contribution in [0.15, 0.2) is 23.3 Å². The second kappa shape index (κ2) is 6.70. The highest BCUT2D eigenvalue weighted by atomic mass is 35.5. The highest BCUT2D eigenvalue weighted by Crippen LogP contribution is 2.31. The van der Waals surface area contributed by atoms with E-state index in [4.69, 9.17) is 11.6 Å². The molecule has 7 nitrogen and oxygen atoms in total. The highest BCUT2D eigenvalue weighted by molar-refractivity contribution is 6.30. The molecule has 0 bridgehead atoms. The Morgan fingerprint density at radius 3 is 2.89 bits per heavy atom. The van der Waals surface area contributed by atoms with Crippen LogP contribution in [-0.2, 0) is 17.8 Å². The smallest absolute Gasteiger partial charge is 0.335 e. The van der Waals surface area contributed by atoms with Crippen LogP contribution in [0.4, 0.5) is 8.78 Å². The van der Waals surface area contributed by atoms with Gasteiger partial charge in [-0.25, -0.2) is 18.3 Å². The van der Waals surface area contributed by atoms with Crippen molar-refractivity contribution in [3.63, 3.8) is 0 Å². The van der Waals surface area contributed by atoms with Crippen LogP contribution < -0.4 is 5.69 Å². The van der Waals surface area contributed by atoms with Gasteiger partial charge in [-0.2, -0.15) is 5.10 Å². The molecule has 10 heteroatoms. The van der Waals surface area contributed by atoms with E-state index in [1.807, 2.05) is 0 Å². The van der Waals surface area contributed by atoms with Crippen LogP contribution in [-0.4, -0.2) is 49.2 Å². The molecule has 1 amide bonds. The third-order valence-electron chi connectivity index (χ3n) is 4.99. The van der Waals surface area contributed by atoms with E-state index in [2.05, 4.69) is 10.1 Å². The molecular formula is C17H18ClF2N5O2. The number of likely N-dealkylation sites (tertiary alicyclic amines) is 1.